The molecular formula is C21H23N5O4S2. The van der Waals surface area contributed by atoms with Crippen molar-refractivity contribution < 1.29 is 16.8 Å². The average molecular weight is 474 g/mol. The predicted octanol–water partition coefficient (Wildman–Crippen LogP) is 2.14. The summed E-state index contributed by atoms with van der Waals surface area (Å²) >= 11 is 0. The van der Waals surface area contributed by atoms with Crippen LogP contribution < -0.4 is 10.5 Å². The molecule has 32 heavy (non-hydrogen) atoms. The van der Waals surface area contributed by atoms with Gasteiger partial charge in [0.1, 0.15) is 6.07 Å². The van der Waals surface area contributed by atoms with Gasteiger partial charge in [-0.2, -0.15) is 18.0 Å². The second-order valence-corrected chi connectivity index (χ2v) is 11.3. The number of benzene rings is 2. The van der Waals surface area contributed by atoms with E-state index in [0.29, 0.717) is 23.9 Å². The van der Waals surface area contributed by atoms with E-state index in [4.69, 9.17) is 5.73 Å². The van der Waals surface area contributed by atoms with Crippen molar-refractivity contribution in [2.24, 2.45) is 5.73 Å². The summed E-state index contributed by atoms with van der Waals surface area (Å²) in [5.41, 5.74) is 6.97. The monoisotopic (exact) mass is 473 g/mol. The first kappa shape index (κ1) is 22.3. The number of aryl methyl sites for hydroxylation is 1. The Labute approximate surface area is 187 Å². The van der Waals surface area contributed by atoms with Crippen molar-refractivity contribution in [2.75, 3.05) is 17.8 Å². The van der Waals surface area contributed by atoms with Gasteiger partial charge in [-0.1, -0.05) is 24.3 Å². The fourth-order valence-corrected chi connectivity index (χ4v) is 6.70. The predicted molar refractivity (Wildman–Crippen MR) is 122 cm³/mol. The third-order valence-corrected chi connectivity index (χ3v) is 8.69. The molecule has 1 saturated heterocycles. The summed E-state index contributed by atoms with van der Waals surface area (Å²) in [6.07, 6.45) is 2.59. The molecule has 0 spiro atoms. The van der Waals surface area contributed by atoms with Gasteiger partial charge in [-0.3, -0.25) is 4.72 Å². The largest absolute Gasteiger partial charge is 0.327 e. The first-order valence-electron chi connectivity index (χ1n) is 10.0. The third-order valence-electron chi connectivity index (χ3n) is 5.54. The van der Waals surface area contributed by atoms with Crippen molar-refractivity contribution >= 4 is 36.8 Å². The second kappa shape index (κ2) is 8.22. The molecule has 4 rings (SSSR count). The van der Waals surface area contributed by atoms with E-state index < -0.39 is 20.2 Å². The van der Waals surface area contributed by atoms with Crippen LogP contribution in [0.4, 0.5) is 5.69 Å². The number of aromatic nitrogens is 1. The highest BCUT2D eigenvalue weighted by molar-refractivity contribution is 7.92. The van der Waals surface area contributed by atoms with E-state index in [1.807, 2.05) is 6.07 Å². The van der Waals surface area contributed by atoms with E-state index >= 15 is 0 Å². The zero-order valence-electron chi connectivity index (χ0n) is 17.4. The van der Waals surface area contributed by atoms with E-state index in [0.717, 1.165) is 10.4 Å². The highest BCUT2D eigenvalue weighted by Gasteiger charge is 2.32. The van der Waals surface area contributed by atoms with E-state index in [9.17, 15) is 22.1 Å². The van der Waals surface area contributed by atoms with E-state index in [2.05, 4.69) is 4.72 Å². The number of hydrogen-bond acceptors (Lipinski definition) is 6. The molecule has 0 amide bonds. The van der Waals surface area contributed by atoms with Gasteiger partial charge in [0.15, 0.2) is 0 Å². The molecule has 0 radical (unpaired) electrons. The number of piperidine rings is 1. The SMILES string of the molecule is Cc1ccc(NS(=O)(=O)c2ccccc2)c2c1c(C#N)cn2S(=O)(=O)N1CCCC(N)C1. The maximum Gasteiger partial charge on any atom is 0.308 e. The number of nitrogens with two attached hydrogens (primary N) is 1. The van der Waals surface area contributed by atoms with Crippen LogP contribution in [0.2, 0.25) is 0 Å². The Balaban J connectivity index is 1.92. The minimum absolute atomic E-state index is 0.0391. The Kier molecular flexibility index (Phi) is 5.72. The van der Waals surface area contributed by atoms with Crippen LogP contribution in [0.1, 0.15) is 24.0 Å². The van der Waals surface area contributed by atoms with Gasteiger partial charge in [-0.15, -0.1) is 0 Å². The zero-order valence-corrected chi connectivity index (χ0v) is 19.0. The van der Waals surface area contributed by atoms with Crippen LogP contribution in [-0.2, 0) is 20.2 Å². The fourth-order valence-electron chi connectivity index (χ4n) is 3.97. The van der Waals surface area contributed by atoms with Crippen LogP contribution in [0.25, 0.3) is 10.9 Å². The molecule has 9 nitrogen and oxygen atoms in total. The normalized spacial score (nSPS) is 17.8. The molecule has 0 aliphatic carbocycles. The van der Waals surface area contributed by atoms with Crippen LogP contribution in [0, 0.1) is 18.3 Å². The van der Waals surface area contributed by atoms with Crippen LogP contribution in [0.5, 0.6) is 0 Å². The summed E-state index contributed by atoms with van der Waals surface area (Å²) in [5.74, 6) is 0. The molecule has 0 saturated carbocycles. The molecule has 11 heteroatoms. The van der Waals surface area contributed by atoms with Crippen molar-refractivity contribution in [2.45, 2.75) is 30.7 Å². The molecule has 1 atom stereocenters. The topological polar surface area (TPSA) is 138 Å². The zero-order chi connectivity index (χ0) is 23.1. The minimum atomic E-state index is -4.09. The minimum Gasteiger partial charge on any atom is -0.327 e. The first-order chi connectivity index (χ1) is 15.1. The molecule has 2 aromatic carbocycles. The highest BCUT2D eigenvalue weighted by atomic mass is 32.2. The van der Waals surface area contributed by atoms with Crippen molar-refractivity contribution in [3.8, 4) is 6.07 Å². The highest BCUT2D eigenvalue weighted by Crippen LogP contribution is 2.34. The molecule has 2 heterocycles. The number of sulfonamides is 1. The van der Waals surface area contributed by atoms with Crippen LogP contribution in [0.3, 0.4) is 0 Å². The van der Waals surface area contributed by atoms with Crippen molar-refractivity contribution in [1.29, 1.82) is 5.26 Å². The molecule has 1 aliphatic rings. The number of fused-ring (bicyclic) bond motifs is 1. The van der Waals surface area contributed by atoms with Crippen LogP contribution >= 0.6 is 0 Å². The molecule has 0 bridgehead atoms. The number of nitrogens with one attached hydrogen (secondary N) is 1. The Morgan fingerprint density at radius 3 is 2.50 bits per heavy atom. The maximum atomic E-state index is 13.5. The smallest absolute Gasteiger partial charge is 0.308 e. The maximum absolute atomic E-state index is 13.5. The van der Waals surface area contributed by atoms with E-state index in [-0.39, 0.29) is 34.2 Å². The quantitative estimate of drug-likeness (QED) is 0.582. The molecular weight excluding hydrogens is 450 g/mol. The lowest BCUT2D eigenvalue weighted by molar-refractivity contribution is 0.313. The number of hydrogen-bond donors (Lipinski definition) is 2. The number of anilines is 1. The van der Waals surface area contributed by atoms with E-state index in [1.54, 1.807) is 31.2 Å². The van der Waals surface area contributed by atoms with Gasteiger partial charge in [0.05, 0.1) is 21.7 Å². The Bertz CT molecular complexity index is 1420. The summed E-state index contributed by atoms with van der Waals surface area (Å²) in [6.45, 7) is 2.20. The third kappa shape index (κ3) is 3.86. The summed E-state index contributed by atoms with van der Waals surface area (Å²) in [4.78, 5) is 0.0391. The van der Waals surface area contributed by atoms with Crippen molar-refractivity contribution in [1.82, 2.24) is 8.28 Å². The number of nitriles is 1. The average Bonchev–Trinajstić information content (AvgIpc) is 3.18. The lowest BCUT2D eigenvalue weighted by atomic mass is 10.1. The van der Waals surface area contributed by atoms with Crippen LogP contribution in [-0.4, -0.2) is 44.2 Å². The summed E-state index contributed by atoms with van der Waals surface area (Å²) < 4.78 is 57.7. The second-order valence-electron chi connectivity index (χ2n) is 7.79. The van der Waals surface area contributed by atoms with Crippen molar-refractivity contribution in [3.63, 3.8) is 0 Å². The first-order valence-corrected chi connectivity index (χ1v) is 12.9. The van der Waals surface area contributed by atoms with Gasteiger partial charge in [0, 0.05) is 30.7 Å². The van der Waals surface area contributed by atoms with Gasteiger partial charge in [-0.05, 0) is 43.5 Å². The summed E-state index contributed by atoms with van der Waals surface area (Å²) in [5, 5.41) is 10.0. The molecule has 1 unspecified atom stereocenters. The Morgan fingerprint density at radius 1 is 1.12 bits per heavy atom. The van der Waals surface area contributed by atoms with E-state index in [1.165, 1.54) is 28.7 Å². The molecule has 1 fully saturated rings. The molecule has 3 N–H and O–H groups in total. The van der Waals surface area contributed by atoms with Gasteiger partial charge < -0.3 is 5.73 Å². The van der Waals surface area contributed by atoms with Crippen molar-refractivity contribution in [3.05, 3.63) is 59.8 Å². The lowest BCUT2D eigenvalue weighted by Gasteiger charge is -2.30. The molecule has 1 aliphatic heterocycles. The van der Waals surface area contributed by atoms with Gasteiger partial charge in [0.25, 0.3) is 10.0 Å². The van der Waals surface area contributed by atoms with Gasteiger partial charge in [-0.25, -0.2) is 12.4 Å². The molecule has 1 aromatic heterocycles. The lowest BCUT2D eigenvalue weighted by Crippen LogP contribution is -2.47. The molecule has 168 valence electrons. The summed E-state index contributed by atoms with van der Waals surface area (Å²) in [7, 11) is -8.07. The van der Waals surface area contributed by atoms with Gasteiger partial charge in [0.2, 0.25) is 0 Å². The Morgan fingerprint density at radius 2 is 1.84 bits per heavy atom. The van der Waals surface area contributed by atoms with Gasteiger partial charge >= 0.3 is 10.2 Å². The summed E-state index contributed by atoms with van der Waals surface area (Å²) in [6, 6.07) is 12.7. The molecule has 3 aromatic rings. The standard InChI is InChI=1S/C21H23N5O4S2/c1-15-9-10-19(24-31(27,28)18-7-3-2-4-8-18)21-20(15)16(12-22)13-26(21)32(29,30)25-11-5-6-17(23)14-25/h2-4,7-10,13,17,24H,5-6,11,14,23H2,1H3. The Hall–Kier alpha value is -2.91. The number of rotatable bonds is 5. The number of nitrogens with zero attached hydrogens (tertiary/aromatic N) is 3. The fraction of sp³-hybridized carbons (Fsp3) is 0.286. The van der Waals surface area contributed by atoms with Crippen LogP contribution in [0.15, 0.2) is 53.6 Å².